The number of aromatic nitrogens is 2. The van der Waals surface area contributed by atoms with Crippen LogP contribution in [0.3, 0.4) is 0 Å². The summed E-state index contributed by atoms with van der Waals surface area (Å²) < 4.78 is 0. The number of aryl methyl sites for hydroxylation is 1. The molecular weight excluding hydrogens is 240 g/mol. The summed E-state index contributed by atoms with van der Waals surface area (Å²) in [6.45, 7) is 6.06. The number of nitrogens with two attached hydrogens (primary N) is 1. The molecule has 1 aliphatic heterocycles. The molecule has 6 heteroatoms. The maximum Gasteiger partial charge on any atom is 0.148 e. The lowest BCUT2D eigenvalue weighted by Crippen LogP contribution is -2.37. The number of nitrogen functional groups attached to an aromatic ring is 1. The van der Waals surface area contributed by atoms with Gasteiger partial charge in [-0.05, 0) is 40.3 Å². The van der Waals surface area contributed by atoms with Gasteiger partial charge in [-0.3, -0.25) is 0 Å². The average Bonchev–Trinajstić information content (AvgIpc) is 2.77. The summed E-state index contributed by atoms with van der Waals surface area (Å²) in [7, 11) is 4.28. The van der Waals surface area contributed by atoms with Crippen molar-refractivity contribution in [2.75, 3.05) is 37.5 Å². The molecule has 0 aromatic carbocycles. The third kappa shape index (κ3) is 2.96. The van der Waals surface area contributed by atoms with Crippen molar-refractivity contribution in [1.82, 2.24) is 14.9 Å². The summed E-state index contributed by atoms with van der Waals surface area (Å²) >= 11 is 0. The Balaban J connectivity index is 2.18. The monoisotopic (exact) mass is 264 g/mol. The van der Waals surface area contributed by atoms with Crippen molar-refractivity contribution < 1.29 is 0 Å². The number of nitrogens with zero attached hydrogens (tertiary/aromatic N) is 4. The lowest BCUT2D eigenvalue weighted by Gasteiger charge is -2.28. The first-order chi connectivity index (χ1) is 9.02. The summed E-state index contributed by atoms with van der Waals surface area (Å²) in [6, 6.07) is 0.606. The molecule has 2 heterocycles. The van der Waals surface area contributed by atoms with Crippen molar-refractivity contribution in [2.24, 2.45) is 5.84 Å². The van der Waals surface area contributed by atoms with Crippen LogP contribution in [0.5, 0.6) is 0 Å². The fourth-order valence-corrected chi connectivity index (χ4v) is 2.74. The van der Waals surface area contributed by atoms with Crippen LogP contribution >= 0.6 is 0 Å². The van der Waals surface area contributed by atoms with E-state index in [9.17, 15) is 0 Å². The van der Waals surface area contributed by atoms with Crippen LogP contribution in [-0.2, 0) is 0 Å². The van der Waals surface area contributed by atoms with Gasteiger partial charge in [0.25, 0.3) is 0 Å². The molecule has 0 spiro atoms. The van der Waals surface area contributed by atoms with E-state index in [4.69, 9.17) is 5.84 Å². The predicted octanol–water partition coefficient (Wildman–Crippen LogP) is 0.909. The number of rotatable bonds is 4. The number of hydrogen-bond acceptors (Lipinski definition) is 6. The van der Waals surface area contributed by atoms with E-state index in [2.05, 4.69) is 39.3 Å². The molecule has 1 atom stereocenters. The summed E-state index contributed by atoms with van der Waals surface area (Å²) in [5.41, 5.74) is 3.64. The minimum Gasteiger partial charge on any atom is -0.358 e. The Kier molecular flexibility index (Phi) is 4.21. The van der Waals surface area contributed by atoms with Gasteiger partial charge in [0.2, 0.25) is 0 Å². The molecule has 0 radical (unpaired) electrons. The van der Waals surface area contributed by atoms with Crippen molar-refractivity contribution >= 4 is 11.6 Å². The zero-order valence-corrected chi connectivity index (χ0v) is 12.3. The minimum atomic E-state index is 0.606. The van der Waals surface area contributed by atoms with E-state index in [0.717, 1.165) is 23.8 Å². The molecule has 0 saturated carbocycles. The zero-order valence-electron chi connectivity index (χ0n) is 12.3. The summed E-state index contributed by atoms with van der Waals surface area (Å²) in [4.78, 5) is 13.5. The molecular formula is C13H24N6. The molecule has 1 saturated heterocycles. The Bertz CT molecular complexity index is 447. The highest BCUT2D eigenvalue weighted by Gasteiger charge is 2.23. The molecule has 0 bridgehead atoms. The second kappa shape index (κ2) is 5.71. The van der Waals surface area contributed by atoms with Gasteiger partial charge in [-0.15, -0.1) is 0 Å². The standard InChI is InChI=1S/C13H24N6/c1-9-12(17-14)15-10(2)16-13(9)19(4)8-11-6-5-7-18(11)3/h11H,5-8,14H2,1-4H3,(H,15,16,17). The number of likely N-dealkylation sites (N-methyl/N-ethyl adjacent to an activating group) is 2. The first-order valence-corrected chi connectivity index (χ1v) is 6.76. The van der Waals surface area contributed by atoms with Crippen LogP contribution in [-0.4, -0.2) is 48.1 Å². The predicted molar refractivity (Wildman–Crippen MR) is 78.2 cm³/mol. The molecule has 1 aliphatic rings. The van der Waals surface area contributed by atoms with Gasteiger partial charge in [-0.25, -0.2) is 15.8 Å². The summed E-state index contributed by atoms with van der Waals surface area (Å²) in [5.74, 6) is 7.91. The fraction of sp³-hybridized carbons (Fsp3) is 0.692. The zero-order chi connectivity index (χ0) is 14.0. The van der Waals surface area contributed by atoms with Gasteiger partial charge in [-0.2, -0.15) is 0 Å². The van der Waals surface area contributed by atoms with Crippen LogP contribution in [0.4, 0.5) is 11.6 Å². The highest BCUT2D eigenvalue weighted by atomic mass is 15.3. The Labute approximate surface area is 115 Å². The van der Waals surface area contributed by atoms with Gasteiger partial charge in [0.15, 0.2) is 0 Å². The van der Waals surface area contributed by atoms with Crippen molar-refractivity contribution in [2.45, 2.75) is 32.7 Å². The van der Waals surface area contributed by atoms with Crippen LogP contribution in [0.25, 0.3) is 0 Å². The molecule has 19 heavy (non-hydrogen) atoms. The average molecular weight is 264 g/mol. The van der Waals surface area contributed by atoms with Gasteiger partial charge >= 0.3 is 0 Å². The SMILES string of the molecule is Cc1nc(NN)c(C)c(N(C)CC2CCCN2C)n1. The molecule has 6 nitrogen and oxygen atoms in total. The van der Waals surface area contributed by atoms with Crippen LogP contribution in [0.1, 0.15) is 24.2 Å². The van der Waals surface area contributed by atoms with Gasteiger partial charge < -0.3 is 15.2 Å². The molecule has 1 unspecified atom stereocenters. The number of anilines is 2. The smallest absolute Gasteiger partial charge is 0.148 e. The number of nitrogens with one attached hydrogen (secondary N) is 1. The fourth-order valence-electron chi connectivity index (χ4n) is 2.74. The van der Waals surface area contributed by atoms with Gasteiger partial charge in [0, 0.05) is 25.2 Å². The van der Waals surface area contributed by atoms with Crippen LogP contribution in [0.15, 0.2) is 0 Å². The van der Waals surface area contributed by atoms with Gasteiger partial charge in [0.1, 0.15) is 17.5 Å². The molecule has 1 aromatic heterocycles. The molecule has 1 aromatic rings. The molecule has 0 amide bonds. The Morgan fingerprint density at radius 1 is 1.42 bits per heavy atom. The van der Waals surface area contributed by atoms with Gasteiger partial charge in [-0.1, -0.05) is 0 Å². The van der Waals surface area contributed by atoms with Gasteiger partial charge in [0.05, 0.1) is 0 Å². The Hall–Kier alpha value is -1.40. The van der Waals surface area contributed by atoms with Crippen molar-refractivity contribution in [3.05, 3.63) is 11.4 Å². The molecule has 1 fully saturated rings. The van der Waals surface area contributed by atoms with E-state index in [-0.39, 0.29) is 0 Å². The third-order valence-electron chi connectivity index (χ3n) is 3.89. The highest BCUT2D eigenvalue weighted by molar-refractivity contribution is 5.57. The van der Waals surface area contributed by atoms with Crippen molar-refractivity contribution in [1.29, 1.82) is 0 Å². The third-order valence-corrected chi connectivity index (χ3v) is 3.89. The number of hydrazine groups is 1. The van der Waals surface area contributed by atoms with E-state index in [0.29, 0.717) is 11.9 Å². The van der Waals surface area contributed by atoms with Crippen LogP contribution in [0, 0.1) is 13.8 Å². The van der Waals surface area contributed by atoms with E-state index < -0.39 is 0 Å². The van der Waals surface area contributed by atoms with Crippen LogP contribution < -0.4 is 16.2 Å². The molecule has 0 aliphatic carbocycles. The van der Waals surface area contributed by atoms with E-state index in [1.165, 1.54) is 19.4 Å². The maximum atomic E-state index is 5.51. The molecule has 106 valence electrons. The number of likely N-dealkylation sites (tertiary alicyclic amines) is 1. The summed E-state index contributed by atoms with van der Waals surface area (Å²) in [5, 5.41) is 0. The van der Waals surface area contributed by atoms with Crippen LogP contribution in [0.2, 0.25) is 0 Å². The molecule has 2 rings (SSSR count). The van der Waals surface area contributed by atoms with E-state index in [1.54, 1.807) is 0 Å². The second-order valence-electron chi connectivity index (χ2n) is 5.37. The first-order valence-electron chi connectivity index (χ1n) is 6.76. The number of hydrogen-bond donors (Lipinski definition) is 2. The maximum absolute atomic E-state index is 5.51. The topological polar surface area (TPSA) is 70.3 Å². The molecule has 3 N–H and O–H groups in total. The first kappa shape index (κ1) is 14.0. The highest BCUT2D eigenvalue weighted by Crippen LogP contribution is 2.24. The largest absolute Gasteiger partial charge is 0.358 e. The normalized spacial score (nSPS) is 19.7. The minimum absolute atomic E-state index is 0.606. The van der Waals surface area contributed by atoms with E-state index in [1.807, 2.05) is 13.8 Å². The quantitative estimate of drug-likeness (QED) is 0.622. The van der Waals surface area contributed by atoms with E-state index >= 15 is 0 Å². The second-order valence-corrected chi connectivity index (χ2v) is 5.37. The van der Waals surface area contributed by atoms with Crippen molar-refractivity contribution in [3.63, 3.8) is 0 Å². The Morgan fingerprint density at radius 3 is 2.74 bits per heavy atom. The lowest BCUT2D eigenvalue weighted by atomic mass is 10.2. The lowest BCUT2D eigenvalue weighted by molar-refractivity contribution is 0.314. The Morgan fingerprint density at radius 2 is 2.16 bits per heavy atom. The van der Waals surface area contributed by atoms with Crippen molar-refractivity contribution in [3.8, 4) is 0 Å². The summed E-state index contributed by atoms with van der Waals surface area (Å²) in [6.07, 6.45) is 2.54.